The molecule has 0 saturated carbocycles. The summed E-state index contributed by atoms with van der Waals surface area (Å²) in [6.45, 7) is 2.18. The van der Waals surface area contributed by atoms with Crippen molar-refractivity contribution in [2.24, 2.45) is 11.1 Å². The van der Waals surface area contributed by atoms with Gasteiger partial charge in [-0.15, -0.1) is 0 Å². The van der Waals surface area contributed by atoms with E-state index in [2.05, 4.69) is 18.1 Å². The van der Waals surface area contributed by atoms with Gasteiger partial charge in [0.1, 0.15) is 0 Å². The molecule has 0 radical (unpaired) electrons. The fourth-order valence-corrected chi connectivity index (χ4v) is 1.96. The van der Waals surface area contributed by atoms with Crippen LogP contribution in [0.4, 0.5) is 0 Å². The van der Waals surface area contributed by atoms with Crippen LogP contribution in [0.25, 0.3) is 0 Å². The second-order valence-electron chi connectivity index (χ2n) is 3.72. The van der Waals surface area contributed by atoms with Crippen molar-refractivity contribution in [1.29, 1.82) is 0 Å². The number of hydrogen-bond donors (Lipinski definition) is 1. The Hall–Kier alpha value is -1.31. The molecule has 1 aromatic carbocycles. The molecule has 2 rings (SSSR count). The Morgan fingerprint density at radius 3 is 2.85 bits per heavy atom. The third-order valence-corrected chi connectivity index (χ3v) is 2.56. The second kappa shape index (κ2) is 3.21. The summed E-state index contributed by atoms with van der Waals surface area (Å²) in [6.07, 6.45) is 1.97. The fourth-order valence-electron chi connectivity index (χ4n) is 1.96. The van der Waals surface area contributed by atoms with Crippen LogP contribution < -0.4 is 0 Å². The first kappa shape index (κ1) is 8.30. The van der Waals surface area contributed by atoms with Crippen molar-refractivity contribution in [2.45, 2.75) is 19.8 Å². The van der Waals surface area contributed by atoms with E-state index in [4.69, 9.17) is 5.21 Å². The minimum absolute atomic E-state index is 0.584. The molecule has 2 heteroatoms. The van der Waals surface area contributed by atoms with Gasteiger partial charge in [-0.2, -0.15) is 0 Å². The summed E-state index contributed by atoms with van der Waals surface area (Å²) in [5, 5.41) is 12.2. The smallest absolute Gasteiger partial charge is 0.0873 e. The number of oxime groups is 1. The highest BCUT2D eigenvalue weighted by Gasteiger charge is 2.20. The van der Waals surface area contributed by atoms with Gasteiger partial charge in [-0.1, -0.05) is 36.3 Å². The Balaban J connectivity index is 2.49. The molecule has 1 unspecified atom stereocenters. The molecule has 0 heterocycles. The van der Waals surface area contributed by atoms with E-state index in [1.54, 1.807) is 0 Å². The quantitative estimate of drug-likeness (QED) is 0.476. The molecule has 2 nitrogen and oxygen atoms in total. The monoisotopic (exact) mass is 175 g/mol. The van der Waals surface area contributed by atoms with Crippen LogP contribution in [0.3, 0.4) is 0 Å². The molecule has 1 aliphatic rings. The normalized spacial score (nSPS) is 24.4. The van der Waals surface area contributed by atoms with E-state index in [0.717, 1.165) is 24.1 Å². The van der Waals surface area contributed by atoms with Crippen molar-refractivity contribution in [1.82, 2.24) is 0 Å². The highest BCUT2D eigenvalue weighted by Crippen LogP contribution is 2.25. The zero-order chi connectivity index (χ0) is 9.26. The van der Waals surface area contributed by atoms with Gasteiger partial charge in [0, 0.05) is 5.56 Å². The van der Waals surface area contributed by atoms with Crippen LogP contribution in [0.5, 0.6) is 0 Å². The predicted octanol–water partition coefficient (Wildman–Crippen LogP) is 2.45. The van der Waals surface area contributed by atoms with E-state index in [1.807, 2.05) is 18.2 Å². The number of hydrogen-bond acceptors (Lipinski definition) is 2. The molecular weight excluding hydrogens is 162 g/mol. The van der Waals surface area contributed by atoms with Crippen LogP contribution >= 0.6 is 0 Å². The SMILES string of the molecule is CC1C/C(=N\O)c2ccccc2C1. The molecule has 0 aromatic heterocycles. The standard InChI is InChI=1S/C11H13NO/c1-8-6-9-4-2-3-5-10(9)11(7-8)12-13/h2-5,8,13H,6-7H2,1H3/b12-11+. The van der Waals surface area contributed by atoms with Crippen molar-refractivity contribution in [3.63, 3.8) is 0 Å². The molecule has 0 bridgehead atoms. The van der Waals surface area contributed by atoms with E-state index in [-0.39, 0.29) is 0 Å². The van der Waals surface area contributed by atoms with Crippen LogP contribution in [0.15, 0.2) is 29.4 Å². The zero-order valence-electron chi connectivity index (χ0n) is 7.70. The zero-order valence-corrected chi connectivity index (χ0v) is 7.70. The van der Waals surface area contributed by atoms with Gasteiger partial charge in [-0.3, -0.25) is 0 Å². The van der Waals surface area contributed by atoms with Crippen LogP contribution in [-0.4, -0.2) is 10.9 Å². The molecular formula is C11H13NO. The van der Waals surface area contributed by atoms with E-state index < -0.39 is 0 Å². The third kappa shape index (κ3) is 1.44. The summed E-state index contributed by atoms with van der Waals surface area (Å²) < 4.78 is 0. The van der Waals surface area contributed by atoms with Gasteiger partial charge < -0.3 is 5.21 Å². The van der Waals surface area contributed by atoms with Crippen LogP contribution in [0.1, 0.15) is 24.5 Å². The average Bonchev–Trinajstić information content (AvgIpc) is 2.16. The minimum atomic E-state index is 0.584. The first-order chi connectivity index (χ1) is 6.31. The maximum atomic E-state index is 8.84. The maximum Gasteiger partial charge on any atom is 0.0873 e. The highest BCUT2D eigenvalue weighted by atomic mass is 16.4. The summed E-state index contributed by atoms with van der Waals surface area (Å²) in [5.74, 6) is 0.584. The van der Waals surface area contributed by atoms with E-state index in [1.165, 1.54) is 5.56 Å². The summed E-state index contributed by atoms with van der Waals surface area (Å²) in [6, 6.07) is 8.15. The molecule has 1 N–H and O–H groups in total. The van der Waals surface area contributed by atoms with Gasteiger partial charge in [0.2, 0.25) is 0 Å². The molecule has 0 saturated heterocycles. The maximum absolute atomic E-state index is 8.84. The van der Waals surface area contributed by atoms with Crippen molar-refractivity contribution >= 4 is 5.71 Å². The number of fused-ring (bicyclic) bond motifs is 1. The Morgan fingerprint density at radius 2 is 2.08 bits per heavy atom. The molecule has 0 amide bonds. The summed E-state index contributed by atoms with van der Waals surface area (Å²) in [5.41, 5.74) is 3.24. The van der Waals surface area contributed by atoms with Crippen molar-refractivity contribution in [3.8, 4) is 0 Å². The van der Waals surface area contributed by atoms with Gasteiger partial charge in [-0.25, -0.2) is 0 Å². The van der Waals surface area contributed by atoms with E-state index in [0.29, 0.717) is 5.92 Å². The van der Waals surface area contributed by atoms with Crippen molar-refractivity contribution in [2.75, 3.05) is 0 Å². The molecule has 1 aromatic rings. The fraction of sp³-hybridized carbons (Fsp3) is 0.364. The summed E-state index contributed by atoms with van der Waals surface area (Å²) in [7, 11) is 0. The Labute approximate surface area is 77.9 Å². The van der Waals surface area contributed by atoms with Crippen molar-refractivity contribution < 1.29 is 5.21 Å². The molecule has 0 aliphatic heterocycles. The minimum Gasteiger partial charge on any atom is -0.411 e. The summed E-state index contributed by atoms with van der Waals surface area (Å²) in [4.78, 5) is 0. The lowest BCUT2D eigenvalue weighted by atomic mass is 9.84. The van der Waals surface area contributed by atoms with Crippen LogP contribution in [0.2, 0.25) is 0 Å². The average molecular weight is 175 g/mol. The number of rotatable bonds is 0. The van der Waals surface area contributed by atoms with Gasteiger partial charge in [0.15, 0.2) is 0 Å². The molecule has 13 heavy (non-hydrogen) atoms. The third-order valence-electron chi connectivity index (χ3n) is 2.56. The van der Waals surface area contributed by atoms with Crippen molar-refractivity contribution in [3.05, 3.63) is 35.4 Å². The highest BCUT2D eigenvalue weighted by molar-refractivity contribution is 6.02. The van der Waals surface area contributed by atoms with Crippen LogP contribution in [-0.2, 0) is 6.42 Å². The van der Waals surface area contributed by atoms with Gasteiger partial charge >= 0.3 is 0 Å². The lowest BCUT2D eigenvalue weighted by molar-refractivity contribution is 0.316. The van der Waals surface area contributed by atoms with Gasteiger partial charge in [0.05, 0.1) is 5.71 Å². The molecule has 1 aliphatic carbocycles. The largest absolute Gasteiger partial charge is 0.411 e. The first-order valence-corrected chi connectivity index (χ1v) is 4.60. The van der Waals surface area contributed by atoms with Gasteiger partial charge in [0.25, 0.3) is 0 Å². The topological polar surface area (TPSA) is 32.6 Å². The second-order valence-corrected chi connectivity index (χ2v) is 3.72. The lowest BCUT2D eigenvalue weighted by Crippen LogP contribution is -2.18. The lowest BCUT2D eigenvalue weighted by Gasteiger charge is -2.21. The number of benzene rings is 1. The molecule has 68 valence electrons. The Bertz CT molecular complexity index is 344. The predicted molar refractivity (Wildman–Crippen MR) is 52.3 cm³/mol. The Morgan fingerprint density at radius 1 is 1.31 bits per heavy atom. The van der Waals surface area contributed by atoms with E-state index in [9.17, 15) is 0 Å². The first-order valence-electron chi connectivity index (χ1n) is 4.60. The summed E-state index contributed by atoms with van der Waals surface area (Å²) >= 11 is 0. The van der Waals surface area contributed by atoms with Gasteiger partial charge in [-0.05, 0) is 24.3 Å². The Kier molecular flexibility index (Phi) is 2.05. The van der Waals surface area contributed by atoms with Crippen LogP contribution in [0, 0.1) is 5.92 Å². The van der Waals surface area contributed by atoms with E-state index >= 15 is 0 Å². The molecule has 1 atom stereocenters. The molecule has 0 fully saturated rings. The number of nitrogens with zero attached hydrogens (tertiary/aromatic N) is 1. The molecule has 0 spiro atoms.